The standard InChI is InChI=1S/C21H33N3O/c1-17(22-11-4-5-12-22)21(25)24(15-18-9-10-18)16-19-7-6-14-23-13-3-2-8-20(19)23/h4-5,11-12,17-20H,2-3,6-10,13-16H2,1H3/t17-,19-,20+/m0/s1. The minimum Gasteiger partial charge on any atom is -0.342 e. The summed E-state index contributed by atoms with van der Waals surface area (Å²) < 4.78 is 2.05. The maximum Gasteiger partial charge on any atom is 0.245 e. The highest BCUT2D eigenvalue weighted by Crippen LogP contribution is 2.34. The lowest BCUT2D eigenvalue weighted by Crippen LogP contribution is -2.52. The molecule has 2 aliphatic heterocycles. The van der Waals surface area contributed by atoms with Gasteiger partial charge in [0.1, 0.15) is 6.04 Å². The predicted molar refractivity (Wildman–Crippen MR) is 100 cm³/mol. The van der Waals surface area contributed by atoms with Crippen LogP contribution in [0.15, 0.2) is 24.5 Å². The third-order valence-electron chi connectivity index (χ3n) is 6.60. The van der Waals surface area contributed by atoms with E-state index in [1.807, 2.05) is 24.5 Å². The van der Waals surface area contributed by atoms with Crippen LogP contribution in [0.3, 0.4) is 0 Å². The summed E-state index contributed by atoms with van der Waals surface area (Å²) in [5.41, 5.74) is 0. The van der Waals surface area contributed by atoms with Gasteiger partial charge in [0.05, 0.1) is 0 Å². The number of amides is 1. The number of carbonyl (C=O) groups is 1. The molecule has 0 aromatic carbocycles. The van der Waals surface area contributed by atoms with Gasteiger partial charge in [-0.2, -0.15) is 0 Å². The molecule has 138 valence electrons. The van der Waals surface area contributed by atoms with Crippen molar-refractivity contribution in [2.45, 2.75) is 64.0 Å². The molecule has 3 aliphatic rings. The van der Waals surface area contributed by atoms with Crippen molar-refractivity contribution in [3.8, 4) is 0 Å². The Hall–Kier alpha value is -1.29. The van der Waals surface area contributed by atoms with Gasteiger partial charge in [0.25, 0.3) is 0 Å². The van der Waals surface area contributed by atoms with Gasteiger partial charge < -0.3 is 14.4 Å². The molecule has 25 heavy (non-hydrogen) atoms. The second-order valence-electron chi connectivity index (χ2n) is 8.49. The summed E-state index contributed by atoms with van der Waals surface area (Å²) >= 11 is 0. The maximum atomic E-state index is 13.2. The van der Waals surface area contributed by atoms with Crippen LogP contribution in [-0.4, -0.2) is 52.5 Å². The Morgan fingerprint density at radius 3 is 2.56 bits per heavy atom. The van der Waals surface area contributed by atoms with E-state index in [4.69, 9.17) is 0 Å². The smallest absolute Gasteiger partial charge is 0.245 e. The Balaban J connectivity index is 1.45. The molecule has 3 heterocycles. The summed E-state index contributed by atoms with van der Waals surface area (Å²) in [6, 6.07) is 4.66. The van der Waals surface area contributed by atoms with Gasteiger partial charge >= 0.3 is 0 Å². The fraction of sp³-hybridized carbons (Fsp3) is 0.762. The van der Waals surface area contributed by atoms with Crippen molar-refractivity contribution in [2.24, 2.45) is 11.8 Å². The first-order chi connectivity index (χ1) is 12.2. The molecular weight excluding hydrogens is 310 g/mol. The molecule has 3 atom stereocenters. The third kappa shape index (κ3) is 3.94. The lowest BCUT2D eigenvalue weighted by atomic mass is 9.83. The Kier molecular flexibility index (Phi) is 5.16. The van der Waals surface area contributed by atoms with Crippen LogP contribution in [0.5, 0.6) is 0 Å². The van der Waals surface area contributed by atoms with Crippen molar-refractivity contribution >= 4 is 5.91 Å². The zero-order chi connectivity index (χ0) is 17.2. The SMILES string of the molecule is C[C@@H](C(=O)N(CC1CC1)C[C@@H]1CCCN2CCCC[C@H]12)n1cccc1. The monoisotopic (exact) mass is 343 g/mol. The molecule has 4 rings (SSSR count). The lowest BCUT2D eigenvalue weighted by Gasteiger charge is -2.46. The molecule has 1 aliphatic carbocycles. The number of fused-ring (bicyclic) bond motifs is 1. The molecule has 3 fully saturated rings. The van der Waals surface area contributed by atoms with Gasteiger partial charge in [0.15, 0.2) is 0 Å². The first-order valence-corrected chi connectivity index (χ1v) is 10.4. The van der Waals surface area contributed by atoms with E-state index >= 15 is 0 Å². The number of hydrogen-bond donors (Lipinski definition) is 0. The number of aromatic nitrogens is 1. The van der Waals surface area contributed by atoms with Crippen molar-refractivity contribution in [1.29, 1.82) is 0 Å². The Morgan fingerprint density at radius 2 is 1.80 bits per heavy atom. The van der Waals surface area contributed by atoms with Crippen LogP contribution in [0.2, 0.25) is 0 Å². The van der Waals surface area contributed by atoms with Crippen molar-refractivity contribution < 1.29 is 4.79 Å². The van der Waals surface area contributed by atoms with E-state index in [2.05, 4.69) is 21.3 Å². The van der Waals surface area contributed by atoms with Gasteiger partial charge in [-0.3, -0.25) is 4.79 Å². The Bertz CT molecular complexity index is 564. The average molecular weight is 344 g/mol. The van der Waals surface area contributed by atoms with Crippen LogP contribution in [0, 0.1) is 11.8 Å². The summed E-state index contributed by atoms with van der Waals surface area (Å²) in [5.74, 6) is 1.75. The van der Waals surface area contributed by atoms with Crippen LogP contribution >= 0.6 is 0 Å². The van der Waals surface area contributed by atoms with Gasteiger partial charge in [-0.15, -0.1) is 0 Å². The van der Waals surface area contributed by atoms with E-state index < -0.39 is 0 Å². The van der Waals surface area contributed by atoms with Crippen LogP contribution in [0.25, 0.3) is 0 Å². The number of nitrogens with zero attached hydrogens (tertiary/aromatic N) is 3. The van der Waals surface area contributed by atoms with Crippen molar-refractivity contribution in [2.75, 3.05) is 26.2 Å². The maximum absolute atomic E-state index is 13.2. The van der Waals surface area contributed by atoms with Crippen LogP contribution < -0.4 is 0 Å². The summed E-state index contributed by atoms with van der Waals surface area (Å²) in [4.78, 5) is 18.2. The molecule has 4 heteroatoms. The predicted octanol–water partition coefficient (Wildman–Crippen LogP) is 3.55. The van der Waals surface area contributed by atoms with Crippen LogP contribution in [0.4, 0.5) is 0 Å². The van der Waals surface area contributed by atoms with Gasteiger partial charge in [-0.1, -0.05) is 6.42 Å². The zero-order valence-electron chi connectivity index (χ0n) is 15.6. The van der Waals surface area contributed by atoms with E-state index in [0.29, 0.717) is 11.8 Å². The van der Waals surface area contributed by atoms with Gasteiger partial charge in [-0.25, -0.2) is 0 Å². The highest BCUT2D eigenvalue weighted by Gasteiger charge is 2.37. The summed E-state index contributed by atoms with van der Waals surface area (Å²) in [6.45, 7) is 6.56. The molecule has 1 saturated carbocycles. The average Bonchev–Trinajstić information content (AvgIpc) is 3.29. The fourth-order valence-electron chi connectivity index (χ4n) is 4.94. The number of carbonyl (C=O) groups excluding carboxylic acids is 1. The molecule has 0 N–H and O–H groups in total. The number of piperidine rings is 2. The molecule has 1 aromatic heterocycles. The van der Waals surface area contributed by atoms with E-state index in [1.165, 1.54) is 58.0 Å². The lowest BCUT2D eigenvalue weighted by molar-refractivity contribution is -0.136. The largest absolute Gasteiger partial charge is 0.342 e. The van der Waals surface area contributed by atoms with E-state index in [0.717, 1.165) is 25.0 Å². The summed E-state index contributed by atoms with van der Waals surface area (Å²) in [6.07, 6.45) is 13.3. The van der Waals surface area contributed by atoms with Crippen molar-refractivity contribution in [3.05, 3.63) is 24.5 Å². The molecule has 2 saturated heterocycles. The second kappa shape index (κ2) is 7.53. The molecule has 1 aromatic rings. The minimum atomic E-state index is -0.0835. The molecular formula is C21H33N3O. The van der Waals surface area contributed by atoms with Gasteiger partial charge in [-0.05, 0) is 82.5 Å². The zero-order valence-corrected chi connectivity index (χ0v) is 15.6. The van der Waals surface area contributed by atoms with E-state index in [-0.39, 0.29) is 6.04 Å². The molecule has 4 nitrogen and oxygen atoms in total. The molecule has 0 unspecified atom stereocenters. The Morgan fingerprint density at radius 1 is 1.04 bits per heavy atom. The summed E-state index contributed by atoms with van der Waals surface area (Å²) in [5, 5.41) is 0. The number of rotatable bonds is 6. The van der Waals surface area contributed by atoms with Crippen molar-refractivity contribution in [3.63, 3.8) is 0 Å². The quantitative estimate of drug-likeness (QED) is 0.790. The van der Waals surface area contributed by atoms with Crippen LogP contribution in [0.1, 0.15) is 57.9 Å². The van der Waals surface area contributed by atoms with E-state index in [9.17, 15) is 4.79 Å². The Labute approximate surface area is 152 Å². The third-order valence-corrected chi connectivity index (χ3v) is 6.60. The summed E-state index contributed by atoms with van der Waals surface area (Å²) in [7, 11) is 0. The molecule has 0 radical (unpaired) electrons. The normalized spacial score (nSPS) is 28.4. The minimum absolute atomic E-state index is 0.0835. The van der Waals surface area contributed by atoms with Crippen molar-refractivity contribution in [1.82, 2.24) is 14.4 Å². The molecule has 0 bridgehead atoms. The fourth-order valence-corrected chi connectivity index (χ4v) is 4.94. The molecule has 0 spiro atoms. The first kappa shape index (κ1) is 17.1. The highest BCUT2D eigenvalue weighted by molar-refractivity contribution is 5.80. The molecule has 1 amide bonds. The van der Waals surface area contributed by atoms with Gasteiger partial charge in [0, 0.05) is 31.5 Å². The van der Waals surface area contributed by atoms with Gasteiger partial charge in [0.2, 0.25) is 5.91 Å². The first-order valence-electron chi connectivity index (χ1n) is 10.4. The second-order valence-corrected chi connectivity index (χ2v) is 8.49. The van der Waals surface area contributed by atoms with E-state index in [1.54, 1.807) is 0 Å². The highest BCUT2D eigenvalue weighted by atomic mass is 16.2. The topological polar surface area (TPSA) is 28.5 Å². The number of hydrogen-bond acceptors (Lipinski definition) is 2. The van der Waals surface area contributed by atoms with Crippen LogP contribution in [-0.2, 0) is 4.79 Å².